The zero-order chi connectivity index (χ0) is 9.68. The predicted molar refractivity (Wildman–Crippen MR) is 50.3 cm³/mol. The van der Waals surface area contributed by atoms with Crippen LogP contribution in [0, 0.1) is 6.92 Å². The number of esters is 1. The molecule has 0 atom stereocenters. The number of ether oxygens (including phenoxy) is 1. The fraction of sp³-hybridized carbons (Fsp3) is 0.300. The fourth-order valence-corrected chi connectivity index (χ4v) is 1.01. The van der Waals surface area contributed by atoms with Crippen molar-refractivity contribution in [2.75, 3.05) is 6.61 Å². The minimum absolute atomic E-state index is 0.371. The van der Waals surface area contributed by atoms with Crippen LogP contribution in [0.1, 0.15) is 5.56 Å². The van der Waals surface area contributed by atoms with E-state index in [4.69, 9.17) is 4.74 Å². The van der Waals surface area contributed by atoms with Gasteiger partial charge >= 0.3 is 5.97 Å². The Morgan fingerprint density at radius 1 is 1.77 bits per heavy atom. The summed E-state index contributed by atoms with van der Waals surface area (Å²) in [7, 11) is 0. The van der Waals surface area contributed by atoms with E-state index in [-0.39, 0.29) is 5.97 Å². The smallest absolute Gasteiger partial charge is 0.330 e. The van der Waals surface area contributed by atoms with Crippen molar-refractivity contribution in [2.45, 2.75) is 13.5 Å². The van der Waals surface area contributed by atoms with Gasteiger partial charge < -0.3 is 9.30 Å². The van der Waals surface area contributed by atoms with Crippen LogP contribution in [0.15, 0.2) is 31.1 Å². The molecule has 0 radical (unpaired) electrons. The van der Waals surface area contributed by atoms with E-state index in [2.05, 4.69) is 6.58 Å². The second-order valence-electron chi connectivity index (χ2n) is 2.80. The second-order valence-corrected chi connectivity index (χ2v) is 2.80. The van der Waals surface area contributed by atoms with E-state index in [0.717, 1.165) is 0 Å². The molecule has 1 aromatic heterocycles. The first-order valence-corrected chi connectivity index (χ1v) is 4.14. The van der Waals surface area contributed by atoms with Gasteiger partial charge in [-0.05, 0) is 18.6 Å². The van der Waals surface area contributed by atoms with Crippen LogP contribution in [0.25, 0.3) is 0 Å². The number of nitrogens with zero attached hydrogens (tertiary/aromatic N) is 1. The number of aryl methyl sites for hydroxylation is 1. The van der Waals surface area contributed by atoms with Crippen LogP contribution in [0.2, 0.25) is 0 Å². The van der Waals surface area contributed by atoms with Crippen LogP contribution in [-0.2, 0) is 16.1 Å². The summed E-state index contributed by atoms with van der Waals surface area (Å²) in [5.41, 5.74) is 1.20. The van der Waals surface area contributed by atoms with E-state index in [9.17, 15) is 4.79 Å². The lowest BCUT2D eigenvalue weighted by Gasteiger charge is -2.02. The van der Waals surface area contributed by atoms with Gasteiger partial charge in [-0.2, -0.15) is 0 Å². The quantitative estimate of drug-likeness (QED) is 0.518. The summed E-state index contributed by atoms with van der Waals surface area (Å²) >= 11 is 0. The molecule has 0 amide bonds. The first-order chi connectivity index (χ1) is 6.22. The molecule has 0 aromatic carbocycles. The standard InChI is InChI=1S/C10H13NO2/c1-3-10(12)13-7-6-11-5-4-9(2)8-11/h3-5,8H,1,6-7H2,2H3. The Bertz CT molecular complexity index is 302. The van der Waals surface area contributed by atoms with Crippen molar-refractivity contribution in [3.05, 3.63) is 36.7 Å². The van der Waals surface area contributed by atoms with Crippen molar-refractivity contribution in [1.82, 2.24) is 4.57 Å². The summed E-state index contributed by atoms with van der Waals surface area (Å²) in [5, 5.41) is 0. The highest BCUT2D eigenvalue weighted by molar-refractivity contribution is 5.81. The molecule has 1 aromatic rings. The highest BCUT2D eigenvalue weighted by atomic mass is 16.5. The summed E-state index contributed by atoms with van der Waals surface area (Å²) in [6.07, 6.45) is 5.12. The third-order valence-electron chi connectivity index (χ3n) is 1.66. The van der Waals surface area contributed by atoms with Crippen molar-refractivity contribution < 1.29 is 9.53 Å². The molecule has 1 rings (SSSR count). The van der Waals surface area contributed by atoms with Gasteiger partial charge in [0.15, 0.2) is 0 Å². The number of rotatable bonds is 4. The van der Waals surface area contributed by atoms with E-state index in [1.165, 1.54) is 11.6 Å². The molecule has 3 heteroatoms. The number of carbonyl (C=O) groups is 1. The Morgan fingerprint density at radius 2 is 2.54 bits per heavy atom. The number of hydrogen-bond acceptors (Lipinski definition) is 2. The lowest BCUT2D eigenvalue weighted by molar-refractivity contribution is -0.137. The Labute approximate surface area is 77.6 Å². The zero-order valence-electron chi connectivity index (χ0n) is 7.69. The third kappa shape index (κ3) is 3.15. The van der Waals surface area contributed by atoms with Gasteiger partial charge in [-0.3, -0.25) is 0 Å². The minimum atomic E-state index is -0.371. The molecule has 0 saturated heterocycles. The summed E-state index contributed by atoms with van der Waals surface area (Å²) in [4.78, 5) is 10.7. The molecule has 0 aliphatic rings. The van der Waals surface area contributed by atoms with Crippen molar-refractivity contribution in [3.8, 4) is 0 Å². The third-order valence-corrected chi connectivity index (χ3v) is 1.66. The molecule has 13 heavy (non-hydrogen) atoms. The maximum absolute atomic E-state index is 10.7. The van der Waals surface area contributed by atoms with E-state index in [1.54, 1.807) is 0 Å². The van der Waals surface area contributed by atoms with E-state index < -0.39 is 0 Å². The van der Waals surface area contributed by atoms with Crippen molar-refractivity contribution in [1.29, 1.82) is 0 Å². The molecule has 3 nitrogen and oxygen atoms in total. The van der Waals surface area contributed by atoms with Crippen LogP contribution in [0.3, 0.4) is 0 Å². The van der Waals surface area contributed by atoms with Gasteiger partial charge in [0, 0.05) is 18.5 Å². The number of hydrogen-bond donors (Lipinski definition) is 0. The van der Waals surface area contributed by atoms with Crippen LogP contribution in [0.5, 0.6) is 0 Å². The van der Waals surface area contributed by atoms with E-state index in [1.807, 2.05) is 30.0 Å². The summed E-state index contributed by atoms with van der Waals surface area (Å²) in [6.45, 7) is 6.40. The van der Waals surface area contributed by atoms with Crippen LogP contribution in [0.4, 0.5) is 0 Å². The number of aromatic nitrogens is 1. The summed E-state index contributed by atoms with van der Waals surface area (Å²) in [5.74, 6) is -0.371. The maximum atomic E-state index is 10.7. The Morgan fingerprint density at radius 3 is 3.08 bits per heavy atom. The highest BCUT2D eigenvalue weighted by Gasteiger charge is 1.95. The second kappa shape index (κ2) is 4.50. The molecule has 0 aliphatic carbocycles. The first kappa shape index (κ1) is 9.58. The van der Waals surface area contributed by atoms with Gasteiger partial charge in [-0.15, -0.1) is 0 Å². The molecule has 0 aliphatic heterocycles. The Kier molecular flexibility index (Phi) is 3.31. The van der Waals surface area contributed by atoms with Crippen molar-refractivity contribution in [3.63, 3.8) is 0 Å². The molecule has 0 N–H and O–H groups in total. The molecule has 1 heterocycles. The van der Waals surface area contributed by atoms with Gasteiger partial charge in [0.2, 0.25) is 0 Å². The Hall–Kier alpha value is -1.51. The molecule has 0 unspecified atom stereocenters. The molecule has 0 saturated carbocycles. The first-order valence-electron chi connectivity index (χ1n) is 4.14. The lowest BCUT2D eigenvalue weighted by Crippen LogP contribution is -2.07. The highest BCUT2D eigenvalue weighted by Crippen LogP contribution is 1.98. The van der Waals surface area contributed by atoms with Gasteiger partial charge in [-0.1, -0.05) is 6.58 Å². The monoisotopic (exact) mass is 179 g/mol. The van der Waals surface area contributed by atoms with E-state index in [0.29, 0.717) is 13.2 Å². The van der Waals surface area contributed by atoms with Gasteiger partial charge in [0.25, 0.3) is 0 Å². The molecule has 70 valence electrons. The largest absolute Gasteiger partial charge is 0.461 e. The molecule has 0 spiro atoms. The van der Waals surface area contributed by atoms with Crippen LogP contribution >= 0.6 is 0 Å². The average molecular weight is 179 g/mol. The molecule has 0 fully saturated rings. The average Bonchev–Trinajstić information content (AvgIpc) is 2.51. The topological polar surface area (TPSA) is 31.2 Å². The van der Waals surface area contributed by atoms with Crippen LogP contribution in [-0.4, -0.2) is 17.1 Å². The van der Waals surface area contributed by atoms with Crippen molar-refractivity contribution in [2.24, 2.45) is 0 Å². The van der Waals surface area contributed by atoms with Gasteiger partial charge in [0.05, 0.1) is 6.54 Å². The maximum Gasteiger partial charge on any atom is 0.330 e. The fourth-order valence-electron chi connectivity index (χ4n) is 1.01. The predicted octanol–water partition coefficient (Wildman–Crippen LogP) is 1.53. The van der Waals surface area contributed by atoms with Gasteiger partial charge in [0.1, 0.15) is 6.61 Å². The summed E-state index contributed by atoms with van der Waals surface area (Å²) < 4.78 is 6.80. The Balaban J connectivity index is 2.27. The molecular formula is C10H13NO2. The zero-order valence-corrected chi connectivity index (χ0v) is 7.69. The number of carbonyl (C=O) groups excluding carboxylic acids is 1. The van der Waals surface area contributed by atoms with Gasteiger partial charge in [-0.25, -0.2) is 4.79 Å². The SMILES string of the molecule is C=CC(=O)OCCn1ccc(C)c1. The lowest BCUT2D eigenvalue weighted by atomic mass is 10.4. The molecule has 0 bridgehead atoms. The summed E-state index contributed by atoms with van der Waals surface area (Å²) in [6, 6.07) is 2.01. The van der Waals surface area contributed by atoms with Crippen LogP contribution < -0.4 is 0 Å². The molecular weight excluding hydrogens is 166 g/mol. The minimum Gasteiger partial charge on any atom is -0.461 e. The van der Waals surface area contributed by atoms with E-state index >= 15 is 0 Å². The normalized spacial score (nSPS) is 9.62. The van der Waals surface area contributed by atoms with Crippen molar-refractivity contribution >= 4 is 5.97 Å².